The minimum absolute atomic E-state index is 0.235. The molecule has 0 saturated carbocycles. The van der Waals surface area contributed by atoms with E-state index in [0.29, 0.717) is 0 Å². The van der Waals surface area contributed by atoms with Gasteiger partial charge in [0, 0.05) is 18.7 Å². The van der Waals surface area contributed by atoms with Crippen LogP contribution in [0, 0.1) is 0 Å². The lowest BCUT2D eigenvalue weighted by atomic mass is 10.2. The van der Waals surface area contributed by atoms with E-state index in [-0.39, 0.29) is 6.10 Å². The lowest BCUT2D eigenvalue weighted by molar-refractivity contribution is 0.154. The van der Waals surface area contributed by atoms with Crippen LogP contribution in [0.2, 0.25) is 0 Å². The summed E-state index contributed by atoms with van der Waals surface area (Å²) in [5, 5.41) is 9.68. The molecule has 0 spiro atoms. The maximum atomic E-state index is 9.68. The van der Waals surface area contributed by atoms with E-state index in [1.54, 1.807) is 0 Å². The summed E-state index contributed by atoms with van der Waals surface area (Å²) in [5.74, 6) is 1.05. The smallest absolute Gasteiger partial charge is 0.109 e. The van der Waals surface area contributed by atoms with Crippen LogP contribution in [0.1, 0.15) is 32.5 Å². The third-order valence-corrected chi connectivity index (χ3v) is 3.32. The minimum Gasteiger partial charge on any atom is -0.399 e. The quantitative estimate of drug-likeness (QED) is 0.797. The van der Waals surface area contributed by atoms with Gasteiger partial charge in [0.15, 0.2) is 0 Å². The third-order valence-electron chi connectivity index (χ3n) is 3.32. The van der Waals surface area contributed by atoms with Crippen molar-refractivity contribution in [3.63, 3.8) is 0 Å². The predicted octanol–water partition coefficient (Wildman–Crippen LogP) is 2.34. The highest BCUT2D eigenvalue weighted by Gasteiger charge is 2.10. The van der Waals surface area contributed by atoms with E-state index in [4.69, 9.17) is 5.73 Å². The van der Waals surface area contributed by atoms with Gasteiger partial charge < -0.3 is 15.4 Å². The van der Waals surface area contributed by atoms with Gasteiger partial charge in [-0.05, 0) is 31.0 Å². The molecule has 0 aliphatic rings. The van der Waals surface area contributed by atoms with Gasteiger partial charge in [-0.15, -0.1) is 0 Å². The van der Waals surface area contributed by atoms with E-state index in [9.17, 15) is 5.11 Å². The number of nitrogens with two attached hydrogens (primary N) is 1. The van der Waals surface area contributed by atoms with Crippen molar-refractivity contribution in [1.82, 2.24) is 9.55 Å². The van der Waals surface area contributed by atoms with Crippen LogP contribution in [0.5, 0.6) is 0 Å². The normalized spacial score (nSPS) is 13.1. The summed E-state index contributed by atoms with van der Waals surface area (Å²) in [6.45, 7) is 4.90. The highest BCUT2D eigenvalue weighted by molar-refractivity contribution is 5.79. The molecule has 1 unspecified atom stereocenters. The summed E-state index contributed by atoms with van der Waals surface area (Å²) in [6, 6.07) is 5.81. The maximum Gasteiger partial charge on any atom is 0.109 e. The Bertz CT molecular complexity index is 533. The standard InChI is InChI=1S/C14H21N3O/c1-3-11(18)7-8-17-13-6-5-10(15)9-12(13)16-14(17)4-2/h5-6,9,11,18H,3-4,7-8,15H2,1-2H3. The van der Waals surface area contributed by atoms with E-state index < -0.39 is 0 Å². The average Bonchev–Trinajstić information content (AvgIpc) is 2.72. The fourth-order valence-electron chi connectivity index (χ4n) is 2.20. The Hall–Kier alpha value is -1.55. The van der Waals surface area contributed by atoms with Crippen molar-refractivity contribution in [2.24, 2.45) is 0 Å². The number of rotatable bonds is 5. The summed E-state index contributed by atoms with van der Waals surface area (Å²) >= 11 is 0. The molecule has 0 aliphatic carbocycles. The van der Waals surface area contributed by atoms with Gasteiger partial charge in [0.2, 0.25) is 0 Å². The monoisotopic (exact) mass is 247 g/mol. The highest BCUT2D eigenvalue weighted by Crippen LogP contribution is 2.20. The second-order valence-electron chi connectivity index (χ2n) is 4.63. The average molecular weight is 247 g/mol. The van der Waals surface area contributed by atoms with Gasteiger partial charge in [-0.2, -0.15) is 0 Å². The molecule has 1 aromatic carbocycles. The van der Waals surface area contributed by atoms with Crippen LogP contribution in [0.15, 0.2) is 18.2 Å². The Morgan fingerprint density at radius 3 is 2.83 bits per heavy atom. The maximum absolute atomic E-state index is 9.68. The molecule has 2 aromatic rings. The molecule has 0 radical (unpaired) electrons. The second-order valence-corrected chi connectivity index (χ2v) is 4.63. The number of imidazole rings is 1. The molecule has 4 heteroatoms. The number of nitrogen functional groups attached to an aromatic ring is 1. The molecule has 0 amide bonds. The molecule has 18 heavy (non-hydrogen) atoms. The first kappa shape index (κ1) is 12.9. The first-order chi connectivity index (χ1) is 8.65. The van der Waals surface area contributed by atoms with Gasteiger partial charge in [0.25, 0.3) is 0 Å². The first-order valence-electron chi connectivity index (χ1n) is 6.58. The second kappa shape index (κ2) is 5.40. The molecule has 2 rings (SSSR count). The number of hydrogen-bond donors (Lipinski definition) is 2. The van der Waals surface area contributed by atoms with E-state index in [1.807, 2.05) is 25.1 Å². The number of nitrogens with zero attached hydrogens (tertiary/aromatic N) is 2. The van der Waals surface area contributed by atoms with Crippen LogP contribution in [-0.2, 0) is 13.0 Å². The van der Waals surface area contributed by atoms with Gasteiger partial charge in [-0.25, -0.2) is 4.98 Å². The summed E-state index contributed by atoms with van der Waals surface area (Å²) in [5.41, 5.74) is 8.56. The molecule has 1 aromatic heterocycles. The van der Waals surface area contributed by atoms with Crippen LogP contribution in [0.3, 0.4) is 0 Å². The zero-order chi connectivity index (χ0) is 13.1. The van der Waals surface area contributed by atoms with Crippen LogP contribution >= 0.6 is 0 Å². The molecule has 0 bridgehead atoms. The van der Waals surface area contributed by atoms with E-state index >= 15 is 0 Å². The van der Waals surface area contributed by atoms with Crippen molar-refractivity contribution < 1.29 is 5.11 Å². The molecular formula is C14H21N3O. The Kier molecular flexibility index (Phi) is 3.87. The Balaban J connectivity index is 2.34. The zero-order valence-electron chi connectivity index (χ0n) is 11.1. The number of aromatic nitrogens is 2. The van der Waals surface area contributed by atoms with E-state index in [0.717, 1.165) is 48.4 Å². The topological polar surface area (TPSA) is 64.1 Å². The fourth-order valence-corrected chi connectivity index (χ4v) is 2.20. The number of fused-ring (bicyclic) bond motifs is 1. The Morgan fingerprint density at radius 1 is 1.39 bits per heavy atom. The summed E-state index contributed by atoms with van der Waals surface area (Å²) < 4.78 is 2.19. The predicted molar refractivity (Wildman–Crippen MR) is 74.4 cm³/mol. The minimum atomic E-state index is -0.235. The number of hydrogen-bond acceptors (Lipinski definition) is 3. The van der Waals surface area contributed by atoms with Crippen molar-refractivity contribution in [3.8, 4) is 0 Å². The van der Waals surface area contributed by atoms with Gasteiger partial charge in [-0.1, -0.05) is 13.8 Å². The number of anilines is 1. The molecular weight excluding hydrogens is 226 g/mol. The third kappa shape index (κ3) is 2.48. The summed E-state index contributed by atoms with van der Waals surface area (Å²) in [6.07, 6.45) is 2.21. The number of aliphatic hydroxyl groups excluding tert-OH is 1. The SMILES string of the molecule is CCc1nc2cc(N)ccc2n1CCC(O)CC. The highest BCUT2D eigenvalue weighted by atomic mass is 16.3. The van der Waals surface area contributed by atoms with Crippen molar-refractivity contribution >= 4 is 16.7 Å². The van der Waals surface area contributed by atoms with Gasteiger partial charge >= 0.3 is 0 Å². The number of benzene rings is 1. The molecule has 0 aliphatic heterocycles. The largest absolute Gasteiger partial charge is 0.399 e. The molecule has 1 heterocycles. The molecule has 0 fully saturated rings. The Labute approximate surface area is 107 Å². The summed E-state index contributed by atoms with van der Waals surface area (Å²) in [7, 11) is 0. The molecule has 0 saturated heterocycles. The zero-order valence-corrected chi connectivity index (χ0v) is 11.1. The van der Waals surface area contributed by atoms with Crippen LogP contribution in [0.25, 0.3) is 11.0 Å². The first-order valence-corrected chi connectivity index (χ1v) is 6.58. The fraction of sp³-hybridized carbons (Fsp3) is 0.500. The van der Waals surface area contributed by atoms with Gasteiger partial charge in [-0.3, -0.25) is 0 Å². The van der Waals surface area contributed by atoms with Crippen molar-refractivity contribution in [2.45, 2.75) is 45.8 Å². The van der Waals surface area contributed by atoms with Gasteiger partial charge in [0.05, 0.1) is 17.1 Å². The molecule has 98 valence electrons. The molecule has 1 atom stereocenters. The van der Waals surface area contributed by atoms with Gasteiger partial charge in [0.1, 0.15) is 5.82 Å². The van der Waals surface area contributed by atoms with Crippen molar-refractivity contribution in [1.29, 1.82) is 0 Å². The van der Waals surface area contributed by atoms with E-state index in [2.05, 4.69) is 16.5 Å². The van der Waals surface area contributed by atoms with E-state index in [1.165, 1.54) is 0 Å². The number of aryl methyl sites for hydroxylation is 2. The lowest BCUT2D eigenvalue weighted by Gasteiger charge is -2.11. The molecule has 4 nitrogen and oxygen atoms in total. The number of aliphatic hydroxyl groups is 1. The Morgan fingerprint density at radius 2 is 2.17 bits per heavy atom. The van der Waals surface area contributed by atoms with Crippen molar-refractivity contribution in [3.05, 3.63) is 24.0 Å². The van der Waals surface area contributed by atoms with Crippen molar-refractivity contribution in [2.75, 3.05) is 5.73 Å². The van der Waals surface area contributed by atoms with Crippen LogP contribution in [0.4, 0.5) is 5.69 Å². The van der Waals surface area contributed by atoms with Crippen LogP contribution in [-0.4, -0.2) is 20.8 Å². The lowest BCUT2D eigenvalue weighted by Crippen LogP contribution is -2.11. The summed E-state index contributed by atoms with van der Waals surface area (Å²) in [4.78, 5) is 4.60. The van der Waals surface area contributed by atoms with Crippen LogP contribution < -0.4 is 5.73 Å². The molecule has 3 N–H and O–H groups in total.